The average Bonchev–Trinajstić information content (AvgIpc) is 3.38. The molecule has 9 nitrogen and oxygen atoms in total. The number of aliphatic carboxylic acids is 1. The molecular formula is C37H44F5N5O4. The number of carbonyl (C=O) groups excluding carboxylic acids is 1. The molecule has 3 heterocycles. The van der Waals surface area contributed by atoms with E-state index in [4.69, 9.17) is 4.74 Å². The number of halogens is 5. The first kappa shape index (κ1) is 34.5. The van der Waals surface area contributed by atoms with Gasteiger partial charge < -0.3 is 20.1 Å². The number of ether oxygens (including phenoxy) is 1. The van der Waals surface area contributed by atoms with Gasteiger partial charge in [-0.05, 0) is 105 Å². The van der Waals surface area contributed by atoms with Crippen LogP contribution in [0.3, 0.4) is 0 Å². The molecule has 0 radical (unpaired) electrons. The number of aromatic nitrogens is 2. The van der Waals surface area contributed by atoms with Gasteiger partial charge in [0.2, 0.25) is 5.95 Å². The molecule has 2 N–H and O–H groups in total. The van der Waals surface area contributed by atoms with Crippen LogP contribution in [0.15, 0.2) is 24.4 Å². The van der Waals surface area contributed by atoms with Crippen molar-refractivity contribution in [2.45, 2.75) is 107 Å². The Morgan fingerprint density at radius 1 is 1.00 bits per heavy atom. The topological polar surface area (TPSA) is 108 Å². The minimum atomic E-state index is -5.00. The molecule has 0 unspecified atom stereocenters. The van der Waals surface area contributed by atoms with Crippen molar-refractivity contribution in [3.05, 3.63) is 41.2 Å². The molecule has 14 heteroatoms. The molecule has 2 aromatic rings. The molecule has 276 valence electrons. The first-order valence-electron chi connectivity index (χ1n) is 18.4. The minimum Gasteiger partial charge on any atom is -0.490 e. The summed E-state index contributed by atoms with van der Waals surface area (Å²) in [7, 11) is 0. The highest BCUT2D eigenvalue weighted by Crippen LogP contribution is 2.58. The summed E-state index contributed by atoms with van der Waals surface area (Å²) in [6.07, 6.45) is 2.89. The SMILES string of the molecule is O=C(NC1(C(=O)O)C2CC3CC(C2)CC1C3)c1cnc(N2CC3(CCCCC3)c3cc(OC4CCN(CC(F)F)CC4)ccc32)nc1C(F)(F)F. The number of fused-ring (bicyclic) bond motifs is 2. The van der Waals surface area contributed by atoms with E-state index >= 15 is 0 Å². The van der Waals surface area contributed by atoms with Crippen LogP contribution in [0, 0.1) is 23.7 Å². The molecule has 4 bridgehead atoms. The molecule has 1 aromatic carbocycles. The zero-order chi connectivity index (χ0) is 35.7. The third kappa shape index (κ3) is 6.12. The van der Waals surface area contributed by atoms with Gasteiger partial charge >= 0.3 is 12.1 Å². The van der Waals surface area contributed by atoms with E-state index in [9.17, 15) is 36.6 Å². The second-order valence-electron chi connectivity index (χ2n) is 16.0. The molecule has 5 saturated carbocycles. The molecule has 1 spiro atoms. The normalized spacial score (nSPS) is 30.2. The number of alkyl halides is 5. The van der Waals surface area contributed by atoms with Crippen LogP contribution in [0.5, 0.6) is 5.75 Å². The number of carboxylic acids is 1. The van der Waals surface area contributed by atoms with E-state index in [-0.39, 0.29) is 35.8 Å². The molecule has 1 saturated heterocycles. The molecular weight excluding hydrogens is 673 g/mol. The summed E-state index contributed by atoms with van der Waals surface area (Å²) in [6, 6.07) is 5.57. The van der Waals surface area contributed by atoms with Crippen LogP contribution in [0.4, 0.5) is 33.6 Å². The number of benzene rings is 1. The number of likely N-dealkylation sites (tertiary alicyclic amines) is 1. The summed E-state index contributed by atoms with van der Waals surface area (Å²) in [4.78, 5) is 38.3. The first-order chi connectivity index (χ1) is 24.3. The fourth-order valence-corrected chi connectivity index (χ4v) is 10.8. The average molecular weight is 718 g/mol. The number of nitrogens with one attached hydrogen (secondary N) is 1. The molecule has 7 aliphatic rings. The van der Waals surface area contributed by atoms with Gasteiger partial charge in [0.05, 0.1) is 12.1 Å². The predicted molar refractivity (Wildman–Crippen MR) is 176 cm³/mol. The number of nitrogens with zero attached hydrogens (tertiary/aromatic N) is 4. The van der Waals surface area contributed by atoms with Gasteiger partial charge in [-0.3, -0.25) is 9.69 Å². The van der Waals surface area contributed by atoms with Crippen LogP contribution in [0.2, 0.25) is 0 Å². The second-order valence-corrected chi connectivity index (χ2v) is 16.0. The molecule has 0 atom stereocenters. The van der Waals surface area contributed by atoms with Crippen molar-refractivity contribution < 1.29 is 41.4 Å². The zero-order valence-corrected chi connectivity index (χ0v) is 28.4. The molecule has 2 aliphatic heterocycles. The number of carbonyl (C=O) groups is 2. The number of amides is 1. The Kier molecular flexibility index (Phi) is 8.69. The largest absolute Gasteiger partial charge is 0.490 e. The number of hydrogen-bond donors (Lipinski definition) is 2. The summed E-state index contributed by atoms with van der Waals surface area (Å²) in [5.74, 6) is -1.73. The highest BCUT2D eigenvalue weighted by molar-refractivity contribution is 5.99. The number of rotatable bonds is 8. The zero-order valence-electron chi connectivity index (χ0n) is 28.4. The Morgan fingerprint density at radius 2 is 1.67 bits per heavy atom. The molecule has 9 rings (SSSR count). The molecule has 1 amide bonds. The van der Waals surface area contributed by atoms with Crippen molar-refractivity contribution in [3.8, 4) is 5.75 Å². The van der Waals surface area contributed by atoms with Crippen molar-refractivity contribution >= 4 is 23.5 Å². The quantitative estimate of drug-likeness (QED) is 0.282. The first-order valence-corrected chi connectivity index (χ1v) is 18.4. The Bertz CT molecular complexity index is 1640. The van der Waals surface area contributed by atoms with Crippen LogP contribution < -0.4 is 15.0 Å². The Morgan fingerprint density at radius 3 is 2.27 bits per heavy atom. The van der Waals surface area contributed by atoms with Gasteiger partial charge in [-0.25, -0.2) is 23.5 Å². The van der Waals surface area contributed by atoms with Gasteiger partial charge in [0, 0.05) is 36.9 Å². The summed E-state index contributed by atoms with van der Waals surface area (Å²) >= 11 is 0. The van der Waals surface area contributed by atoms with Crippen molar-refractivity contribution in [3.63, 3.8) is 0 Å². The minimum absolute atomic E-state index is 0.132. The third-order valence-electron chi connectivity index (χ3n) is 13.0. The predicted octanol–water partition coefficient (Wildman–Crippen LogP) is 6.97. The van der Waals surface area contributed by atoms with E-state index in [0.29, 0.717) is 81.4 Å². The van der Waals surface area contributed by atoms with Gasteiger partial charge in [0.1, 0.15) is 17.4 Å². The Balaban J connectivity index is 1.07. The van der Waals surface area contributed by atoms with Gasteiger partial charge in [0.15, 0.2) is 5.69 Å². The number of anilines is 2. The van der Waals surface area contributed by atoms with Gasteiger partial charge in [0.25, 0.3) is 12.3 Å². The van der Waals surface area contributed by atoms with Crippen LogP contribution in [-0.2, 0) is 16.4 Å². The summed E-state index contributed by atoms with van der Waals surface area (Å²) < 4.78 is 76.3. The maximum absolute atomic E-state index is 14.7. The second kappa shape index (κ2) is 12.8. The maximum atomic E-state index is 14.7. The molecule has 5 aliphatic carbocycles. The fourth-order valence-electron chi connectivity index (χ4n) is 10.8. The lowest BCUT2D eigenvalue weighted by Crippen LogP contribution is -2.70. The smallest absolute Gasteiger partial charge is 0.434 e. The van der Waals surface area contributed by atoms with E-state index in [0.717, 1.165) is 50.3 Å². The van der Waals surface area contributed by atoms with Crippen molar-refractivity contribution in [1.29, 1.82) is 0 Å². The summed E-state index contributed by atoms with van der Waals surface area (Å²) in [5.41, 5.74) is -2.50. The van der Waals surface area contributed by atoms with E-state index in [1.54, 1.807) is 15.9 Å². The lowest BCUT2D eigenvalue weighted by atomic mass is 9.48. The van der Waals surface area contributed by atoms with Crippen molar-refractivity contribution in [2.24, 2.45) is 23.7 Å². The summed E-state index contributed by atoms with van der Waals surface area (Å²) in [6.45, 7) is 1.15. The van der Waals surface area contributed by atoms with Crippen LogP contribution in [-0.4, -0.2) is 76.1 Å². The Hall–Kier alpha value is -3.55. The van der Waals surface area contributed by atoms with E-state index in [2.05, 4.69) is 15.3 Å². The molecule has 51 heavy (non-hydrogen) atoms. The van der Waals surface area contributed by atoms with Crippen molar-refractivity contribution in [2.75, 3.05) is 31.1 Å². The van der Waals surface area contributed by atoms with E-state index < -0.39 is 41.3 Å². The van der Waals surface area contributed by atoms with Crippen molar-refractivity contribution in [1.82, 2.24) is 20.2 Å². The van der Waals surface area contributed by atoms with Crippen LogP contribution in [0.25, 0.3) is 0 Å². The van der Waals surface area contributed by atoms with Gasteiger partial charge in [-0.15, -0.1) is 0 Å². The number of hydrogen-bond acceptors (Lipinski definition) is 7. The fraction of sp³-hybridized carbons (Fsp3) is 0.676. The lowest BCUT2D eigenvalue weighted by Gasteiger charge is -2.59. The van der Waals surface area contributed by atoms with Crippen LogP contribution in [0.1, 0.15) is 98.7 Å². The lowest BCUT2D eigenvalue weighted by molar-refractivity contribution is -0.163. The number of carboxylic acid groups (broad SMARTS) is 1. The standard InChI is InChI=1S/C37H44F5N5O4/c38-30(39)19-46-10-6-25(7-11-46)51-26-4-5-29-28(17-26)35(8-2-1-3-9-35)20-47(29)34-43-18-27(31(44-34)37(40,41)42)32(48)45-36(33(49)50)23-13-21-12-22(15-23)16-24(36)14-21/h4-5,17-18,21-25,30H,1-3,6-16,19-20H2,(H,45,48)(H,49,50). The Labute approximate surface area is 293 Å². The highest BCUT2D eigenvalue weighted by atomic mass is 19.4. The van der Waals surface area contributed by atoms with Gasteiger partial charge in [-0.1, -0.05) is 19.3 Å². The van der Waals surface area contributed by atoms with E-state index in [1.165, 1.54) is 0 Å². The highest BCUT2D eigenvalue weighted by Gasteiger charge is 2.62. The molecule has 6 fully saturated rings. The maximum Gasteiger partial charge on any atom is 0.434 e. The number of piperidine rings is 1. The van der Waals surface area contributed by atoms with Gasteiger partial charge in [-0.2, -0.15) is 13.2 Å². The van der Waals surface area contributed by atoms with Crippen LogP contribution >= 0.6 is 0 Å². The molecule has 1 aromatic heterocycles. The third-order valence-corrected chi connectivity index (χ3v) is 13.0. The van der Waals surface area contributed by atoms with E-state index in [1.807, 2.05) is 12.1 Å². The summed E-state index contributed by atoms with van der Waals surface area (Å²) in [5, 5.41) is 13.1. The monoisotopic (exact) mass is 717 g/mol.